The first-order chi connectivity index (χ1) is 6.69. The van der Waals surface area contributed by atoms with Crippen LogP contribution in [0.1, 0.15) is 19.8 Å². The standard InChI is InChI=1S/C10H19ClN2O/c1-3-13(10(14)7-11)9-5-4-6-12(2)8-9/h9H,3-8H2,1-2H3/t9-/m1/s1. The fraction of sp³-hybridized carbons (Fsp3) is 0.900. The van der Waals surface area contributed by atoms with Crippen molar-refractivity contribution in [3.05, 3.63) is 0 Å². The Morgan fingerprint density at radius 1 is 1.64 bits per heavy atom. The molecule has 1 fully saturated rings. The van der Waals surface area contributed by atoms with E-state index in [1.54, 1.807) is 0 Å². The van der Waals surface area contributed by atoms with Crippen molar-refractivity contribution in [2.24, 2.45) is 0 Å². The molecule has 0 aromatic heterocycles. The molecule has 0 aromatic carbocycles. The van der Waals surface area contributed by atoms with Gasteiger partial charge in [-0.05, 0) is 33.4 Å². The third-order valence-corrected chi connectivity index (χ3v) is 3.04. The molecule has 0 saturated carbocycles. The lowest BCUT2D eigenvalue weighted by atomic mass is 10.0. The highest BCUT2D eigenvalue weighted by atomic mass is 35.5. The zero-order chi connectivity index (χ0) is 10.6. The highest BCUT2D eigenvalue weighted by Crippen LogP contribution is 2.14. The lowest BCUT2D eigenvalue weighted by molar-refractivity contribution is -0.131. The Balaban J connectivity index is 2.54. The van der Waals surface area contributed by atoms with E-state index in [2.05, 4.69) is 11.9 Å². The monoisotopic (exact) mass is 218 g/mol. The topological polar surface area (TPSA) is 23.6 Å². The average molecular weight is 219 g/mol. The van der Waals surface area contributed by atoms with Gasteiger partial charge in [0.1, 0.15) is 5.88 Å². The molecule has 3 nitrogen and oxygen atoms in total. The Labute approximate surface area is 91.0 Å². The molecule has 1 aliphatic heterocycles. The van der Waals surface area contributed by atoms with Gasteiger partial charge in [-0.1, -0.05) is 0 Å². The van der Waals surface area contributed by atoms with Crippen molar-refractivity contribution in [3.8, 4) is 0 Å². The van der Waals surface area contributed by atoms with Crippen LogP contribution in [0, 0.1) is 0 Å². The van der Waals surface area contributed by atoms with E-state index in [0.29, 0.717) is 6.04 Å². The predicted molar refractivity (Wildman–Crippen MR) is 58.6 cm³/mol. The minimum Gasteiger partial charge on any atom is -0.338 e. The van der Waals surface area contributed by atoms with Crippen LogP contribution in [0.15, 0.2) is 0 Å². The van der Waals surface area contributed by atoms with E-state index in [1.807, 2.05) is 11.8 Å². The minimum absolute atomic E-state index is 0.0643. The first-order valence-corrected chi connectivity index (χ1v) is 5.76. The van der Waals surface area contributed by atoms with Crippen LogP contribution in [0.5, 0.6) is 0 Å². The van der Waals surface area contributed by atoms with Crippen molar-refractivity contribution in [1.29, 1.82) is 0 Å². The van der Waals surface area contributed by atoms with Crippen LogP contribution in [-0.4, -0.2) is 54.3 Å². The van der Waals surface area contributed by atoms with Crippen molar-refractivity contribution in [3.63, 3.8) is 0 Å². The van der Waals surface area contributed by atoms with Gasteiger partial charge in [0.15, 0.2) is 0 Å². The van der Waals surface area contributed by atoms with E-state index in [9.17, 15) is 4.79 Å². The van der Waals surface area contributed by atoms with Crippen molar-refractivity contribution in [2.75, 3.05) is 32.6 Å². The maximum Gasteiger partial charge on any atom is 0.237 e. The van der Waals surface area contributed by atoms with E-state index in [4.69, 9.17) is 11.6 Å². The number of nitrogens with zero attached hydrogens (tertiary/aromatic N) is 2. The number of halogens is 1. The Kier molecular flexibility index (Phi) is 4.69. The molecular formula is C10H19ClN2O. The van der Waals surface area contributed by atoms with Crippen LogP contribution in [0.4, 0.5) is 0 Å². The molecule has 1 amide bonds. The maximum absolute atomic E-state index is 11.5. The number of rotatable bonds is 3. The molecule has 0 unspecified atom stereocenters. The molecule has 82 valence electrons. The number of piperidine rings is 1. The smallest absolute Gasteiger partial charge is 0.237 e. The third-order valence-electron chi connectivity index (χ3n) is 2.82. The summed E-state index contributed by atoms with van der Waals surface area (Å²) in [5, 5.41) is 0. The molecule has 0 radical (unpaired) electrons. The zero-order valence-electron chi connectivity index (χ0n) is 9.00. The van der Waals surface area contributed by atoms with E-state index in [-0.39, 0.29) is 11.8 Å². The van der Waals surface area contributed by atoms with Crippen LogP contribution in [0.2, 0.25) is 0 Å². The van der Waals surface area contributed by atoms with E-state index in [0.717, 1.165) is 26.1 Å². The highest BCUT2D eigenvalue weighted by molar-refractivity contribution is 6.27. The normalized spacial score (nSPS) is 23.5. The number of alkyl halides is 1. The first kappa shape index (κ1) is 11.8. The molecule has 0 aliphatic carbocycles. The second-order valence-corrected chi connectivity index (χ2v) is 4.14. The molecule has 0 aromatic rings. The molecule has 1 heterocycles. The van der Waals surface area contributed by atoms with Gasteiger partial charge >= 0.3 is 0 Å². The largest absolute Gasteiger partial charge is 0.338 e. The van der Waals surface area contributed by atoms with Gasteiger partial charge in [-0.25, -0.2) is 0 Å². The minimum atomic E-state index is 0.0643. The summed E-state index contributed by atoms with van der Waals surface area (Å²) in [5.74, 6) is 0.170. The first-order valence-electron chi connectivity index (χ1n) is 5.23. The molecule has 0 N–H and O–H groups in total. The number of likely N-dealkylation sites (N-methyl/N-ethyl adjacent to an activating group) is 2. The van der Waals surface area contributed by atoms with Gasteiger partial charge in [0.25, 0.3) is 0 Å². The number of carbonyl (C=O) groups excluding carboxylic acids is 1. The highest BCUT2D eigenvalue weighted by Gasteiger charge is 2.25. The summed E-state index contributed by atoms with van der Waals surface area (Å²) < 4.78 is 0. The molecule has 1 aliphatic rings. The van der Waals surface area contributed by atoms with E-state index in [1.165, 1.54) is 6.42 Å². The third kappa shape index (κ3) is 2.85. The SMILES string of the molecule is CCN(C(=O)CCl)[C@@H]1CCCN(C)C1. The molecule has 1 rings (SSSR count). The summed E-state index contributed by atoms with van der Waals surface area (Å²) in [6, 6.07) is 0.366. The summed E-state index contributed by atoms with van der Waals surface area (Å²) in [5.41, 5.74) is 0. The Bertz CT molecular complexity index is 199. The van der Waals surface area contributed by atoms with E-state index < -0.39 is 0 Å². The number of amides is 1. The van der Waals surface area contributed by atoms with Crippen LogP contribution in [0.3, 0.4) is 0 Å². The van der Waals surface area contributed by atoms with E-state index >= 15 is 0 Å². The van der Waals surface area contributed by atoms with Gasteiger partial charge in [-0.15, -0.1) is 11.6 Å². The molecule has 0 spiro atoms. The Morgan fingerprint density at radius 3 is 2.86 bits per heavy atom. The Morgan fingerprint density at radius 2 is 2.36 bits per heavy atom. The van der Waals surface area contributed by atoms with Crippen LogP contribution in [0.25, 0.3) is 0 Å². The zero-order valence-corrected chi connectivity index (χ0v) is 9.76. The number of hydrogen-bond donors (Lipinski definition) is 0. The van der Waals surface area contributed by atoms with Gasteiger partial charge in [0.2, 0.25) is 5.91 Å². The summed E-state index contributed by atoms with van der Waals surface area (Å²) in [6.07, 6.45) is 2.29. The summed E-state index contributed by atoms with van der Waals surface area (Å²) in [6.45, 7) is 4.91. The maximum atomic E-state index is 11.5. The van der Waals surface area contributed by atoms with Crippen LogP contribution >= 0.6 is 11.6 Å². The van der Waals surface area contributed by atoms with Crippen LogP contribution in [-0.2, 0) is 4.79 Å². The lowest BCUT2D eigenvalue weighted by Crippen LogP contribution is -2.49. The van der Waals surface area contributed by atoms with Gasteiger partial charge < -0.3 is 9.80 Å². The lowest BCUT2D eigenvalue weighted by Gasteiger charge is -2.37. The summed E-state index contributed by atoms with van der Waals surface area (Å²) in [4.78, 5) is 15.7. The fourth-order valence-corrected chi connectivity index (χ4v) is 2.26. The van der Waals surface area contributed by atoms with Gasteiger partial charge in [0, 0.05) is 19.1 Å². The van der Waals surface area contributed by atoms with Gasteiger partial charge in [-0.3, -0.25) is 4.79 Å². The number of carbonyl (C=O) groups is 1. The molecule has 1 atom stereocenters. The van der Waals surface area contributed by atoms with Crippen molar-refractivity contribution in [1.82, 2.24) is 9.80 Å². The van der Waals surface area contributed by atoms with Crippen molar-refractivity contribution in [2.45, 2.75) is 25.8 Å². The fourth-order valence-electron chi connectivity index (χ4n) is 2.11. The van der Waals surface area contributed by atoms with Crippen molar-refractivity contribution < 1.29 is 4.79 Å². The van der Waals surface area contributed by atoms with Gasteiger partial charge in [0.05, 0.1) is 0 Å². The number of hydrogen-bond acceptors (Lipinski definition) is 2. The molecule has 1 saturated heterocycles. The molecular weight excluding hydrogens is 200 g/mol. The van der Waals surface area contributed by atoms with Crippen molar-refractivity contribution >= 4 is 17.5 Å². The molecule has 4 heteroatoms. The Hall–Kier alpha value is -0.280. The summed E-state index contributed by atoms with van der Waals surface area (Å²) in [7, 11) is 2.10. The summed E-state index contributed by atoms with van der Waals surface area (Å²) >= 11 is 5.58. The van der Waals surface area contributed by atoms with Gasteiger partial charge in [-0.2, -0.15) is 0 Å². The van der Waals surface area contributed by atoms with Crippen LogP contribution < -0.4 is 0 Å². The average Bonchev–Trinajstić information content (AvgIpc) is 2.19. The predicted octanol–water partition coefficient (Wildman–Crippen LogP) is 1.17. The quantitative estimate of drug-likeness (QED) is 0.664. The molecule has 0 bridgehead atoms. The molecule has 14 heavy (non-hydrogen) atoms. The second-order valence-electron chi connectivity index (χ2n) is 3.87. The number of likely N-dealkylation sites (tertiary alicyclic amines) is 1. The second kappa shape index (κ2) is 5.56.